The SMILES string of the molecule is COc1cc(S(=O)(=O)CCOSOOO)c(OC)cc1/N=N/c1c(SOOO)cc2c(/N=N/c3ccc(S(=O)(=O)CCOSOOO)cc3S(=O)(=O)O)c(N)ccc2c1O. The van der Waals surface area contributed by atoms with E-state index in [2.05, 4.69) is 48.6 Å². The Labute approximate surface area is 351 Å². The van der Waals surface area contributed by atoms with Crippen LogP contribution in [-0.2, 0) is 66.3 Å². The van der Waals surface area contributed by atoms with E-state index in [1.165, 1.54) is 38.5 Å². The molecule has 32 heteroatoms. The van der Waals surface area contributed by atoms with Gasteiger partial charge >= 0.3 is 0 Å². The summed E-state index contributed by atoms with van der Waals surface area (Å²) in [7, 11) is -11.0. The van der Waals surface area contributed by atoms with Gasteiger partial charge in [-0.15, -0.1) is 33.5 Å². The topological polar surface area (TPSA) is 371 Å². The molecule has 328 valence electrons. The van der Waals surface area contributed by atoms with Gasteiger partial charge in [0.2, 0.25) is 0 Å². The lowest BCUT2D eigenvalue weighted by molar-refractivity contribution is -0.434. The lowest BCUT2D eigenvalue weighted by Gasteiger charge is -2.14. The van der Waals surface area contributed by atoms with Gasteiger partial charge in [0, 0.05) is 22.9 Å². The maximum atomic E-state index is 13.1. The van der Waals surface area contributed by atoms with Crippen LogP contribution in [0.25, 0.3) is 10.8 Å². The third-order valence-corrected chi connectivity index (χ3v) is 13.0. The number of benzene rings is 4. The van der Waals surface area contributed by atoms with E-state index in [0.29, 0.717) is 18.1 Å². The van der Waals surface area contributed by atoms with Crippen LogP contribution in [0.4, 0.5) is 28.4 Å². The first-order valence-electron chi connectivity index (χ1n) is 15.4. The zero-order valence-electron chi connectivity index (χ0n) is 30.0. The summed E-state index contributed by atoms with van der Waals surface area (Å²) in [4.78, 5) is -1.95. The van der Waals surface area contributed by atoms with Crippen LogP contribution in [0.1, 0.15) is 0 Å². The Morgan fingerprint density at radius 1 is 0.650 bits per heavy atom. The normalized spacial score (nSPS) is 12.6. The maximum Gasteiger partial charge on any atom is 0.296 e. The summed E-state index contributed by atoms with van der Waals surface area (Å²) in [5, 5.41) is 63.2. The van der Waals surface area contributed by atoms with Crippen LogP contribution in [0, 0.1) is 0 Å². The van der Waals surface area contributed by atoms with Gasteiger partial charge < -0.3 is 20.3 Å². The van der Waals surface area contributed by atoms with Gasteiger partial charge in [0.1, 0.15) is 44.0 Å². The van der Waals surface area contributed by atoms with Crippen LogP contribution in [0.3, 0.4) is 0 Å². The first kappa shape index (κ1) is 48.6. The molecule has 0 fully saturated rings. The fraction of sp³-hybridized carbons (Fsp3) is 0.214. The predicted molar refractivity (Wildman–Crippen MR) is 206 cm³/mol. The van der Waals surface area contributed by atoms with E-state index in [9.17, 15) is 34.9 Å². The molecule has 0 aliphatic rings. The van der Waals surface area contributed by atoms with Crippen LogP contribution in [-0.4, -0.2) is 89.6 Å². The predicted octanol–water partition coefficient (Wildman–Crippen LogP) is 6.20. The number of anilines is 1. The summed E-state index contributed by atoms with van der Waals surface area (Å²) in [5.41, 5.74) is 4.96. The van der Waals surface area contributed by atoms with Crippen molar-refractivity contribution in [3.05, 3.63) is 48.5 Å². The van der Waals surface area contributed by atoms with Gasteiger partial charge in [-0.2, -0.15) is 8.42 Å². The Bertz CT molecular complexity index is 2550. The molecule has 0 unspecified atom stereocenters. The highest BCUT2D eigenvalue weighted by atomic mass is 32.2. The molecule has 0 amide bonds. The third-order valence-electron chi connectivity index (χ3n) is 7.36. The van der Waals surface area contributed by atoms with Crippen LogP contribution in [0.15, 0.2) is 88.6 Å². The van der Waals surface area contributed by atoms with Gasteiger partial charge in [0.05, 0.1) is 66.5 Å². The minimum atomic E-state index is -5.13. The first-order chi connectivity index (χ1) is 28.5. The van der Waals surface area contributed by atoms with E-state index in [4.69, 9.17) is 39.3 Å². The maximum absolute atomic E-state index is 13.1. The highest BCUT2D eigenvalue weighted by molar-refractivity contribution is 7.94. The van der Waals surface area contributed by atoms with E-state index in [-0.39, 0.29) is 79.5 Å². The zero-order chi connectivity index (χ0) is 44.1. The molecule has 4 rings (SSSR count). The van der Waals surface area contributed by atoms with Crippen LogP contribution < -0.4 is 15.2 Å². The largest absolute Gasteiger partial charge is 0.505 e. The molecule has 0 atom stereocenters. The lowest BCUT2D eigenvalue weighted by Crippen LogP contribution is -2.12. The highest BCUT2D eigenvalue weighted by Gasteiger charge is 2.25. The van der Waals surface area contributed by atoms with Crippen molar-refractivity contribution in [3.63, 3.8) is 0 Å². The molecule has 0 bridgehead atoms. The molecule has 0 aromatic heterocycles. The standard InChI is InChI=1S/C28H29N5O21S6/c1-45-21-14-25(59(40,41)10-8-48-57-54-51-37)22(46-2)13-20(21)31-33-27-23(55-52-49-35)12-17-16(28(27)34)4-5-18(29)26(17)32-30-19-6-3-15(11-24(19)60(42,43)44)58(38,39)9-7-47-56-53-50-36/h3-6,11-14,34-37H,7-10,29H2,1-2H3,(H,42,43,44)/b32-30+,33-31+. The number of ether oxygens (including phenoxy) is 2. The summed E-state index contributed by atoms with van der Waals surface area (Å²) in [6, 6.07) is 8.75. The number of sulfone groups is 2. The summed E-state index contributed by atoms with van der Waals surface area (Å²) < 4.78 is 119. The van der Waals surface area contributed by atoms with Crippen molar-refractivity contribution in [2.45, 2.75) is 19.6 Å². The summed E-state index contributed by atoms with van der Waals surface area (Å²) >= 11 is 0.615. The van der Waals surface area contributed by atoms with Gasteiger partial charge in [-0.1, -0.05) is 15.1 Å². The molecule has 7 N–H and O–H groups in total. The molecule has 0 spiro atoms. The van der Waals surface area contributed by atoms with Crippen molar-refractivity contribution in [1.29, 1.82) is 0 Å². The van der Waals surface area contributed by atoms with Crippen molar-refractivity contribution in [2.75, 3.05) is 44.7 Å². The number of phenolic OH excluding ortho intramolecular Hbond substituents is 1. The molecular formula is C28H29N5O21S6. The highest BCUT2D eigenvalue weighted by Crippen LogP contribution is 2.48. The molecule has 0 radical (unpaired) electrons. The van der Waals surface area contributed by atoms with Gasteiger partial charge in [0.15, 0.2) is 50.1 Å². The van der Waals surface area contributed by atoms with E-state index in [1.807, 2.05) is 0 Å². The molecule has 60 heavy (non-hydrogen) atoms. The second-order valence-corrected chi connectivity index (χ2v) is 18.1. The van der Waals surface area contributed by atoms with Gasteiger partial charge in [0.25, 0.3) is 10.1 Å². The molecule has 4 aromatic rings. The molecule has 0 aliphatic heterocycles. The Balaban J connectivity index is 1.77. The number of methoxy groups -OCH3 is 2. The number of phenols is 1. The van der Waals surface area contributed by atoms with Crippen molar-refractivity contribution in [2.24, 2.45) is 20.5 Å². The van der Waals surface area contributed by atoms with Crippen LogP contribution in [0.5, 0.6) is 17.2 Å². The molecule has 0 saturated heterocycles. The molecule has 0 saturated carbocycles. The van der Waals surface area contributed by atoms with E-state index in [0.717, 1.165) is 18.2 Å². The Morgan fingerprint density at radius 3 is 1.85 bits per heavy atom. The minimum Gasteiger partial charge on any atom is -0.505 e. The van der Waals surface area contributed by atoms with E-state index < -0.39 is 75.7 Å². The fourth-order valence-corrected chi connectivity index (χ4v) is 8.97. The number of rotatable bonds is 24. The summed E-state index contributed by atoms with van der Waals surface area (Å²) in [6.07, 6.45) is 0. The van der Waals surface area contributed by atoms with E-state index >= 15 is 0 Å². The number of azo groups is 2. The van der Waals surface area contributed by atoms with Crippen LogP contribution >= 0.6 is 36.7 Å². The number of hydrogen-bond acceptors (Lipinski definition) is 28. The number of hydrogen-bond donors (Lipinski definition) is 6. The molecule has 0 aliphatic carbocycles. The average Bonchev–Trinajstić information content (AvgIpc) is 3.21. The first-order valence-corrected chi connectivity index (χ1v) is 22.3. The second-order valence-electron chi connectivity index (χ2n) is 10.8. The summed E-state index contributed by atoms with van der Waals surface area (Å²) in [5.74, 6) is -2.17. The zero-order valence-corrected chi connectivity index (χ0v) is 34.9. The van der Waals surface area contributed by atoms with Gasteiger partial charge in [-0.25, -0.2) is 32.6 Å². The number of fused-ring (bicyclic) bond motifs is 1. The smallest absolute Gasteiger partial charge is 0.296 e. The van der Waals surface area contributed by atoms with Crippen molar-refractivity contribution in [1.82, 2.24) is 0 Å². The van der Waals surface area contributed by atoms with E-state index in [1.54, 1.807) is 0 Å². The molecule has 26 nitrogen and oxygen atoms in total. The molecule has 4 aromatic carbocycles. The Kier molecular flexibility index (Phi) is 18.0. The molecular weight excluding hydrogens is 935 g/mol. The Morgan fingerprint density at radius 2 is 1.25 bits per heavy atom. The number of nitrogens with zero attached hydrogens (tertiary/aromatic N) is 4. The third kappa shape index (κ3) is 12.5. The quantitative estimate of drug-likeness (QED) is 0.00865. The minimum absolute atomic E-state index is 0.00327. The number of nitrogens with two attached hydrogens (primary N) is 1. The molecule has 0 heterocycles. The monoisotopic (exact) mass is 963 g/mol. The fourth-order valence-electron chi connectivity index (χ4n) is 4.75. The number of nitrogen functional groups attached to an aromatic ring is 1. The summed E-state index contributed by atoms with van der Waals surface area (Å²) in [6.45, 7) is -0.894. The average molecular weight is 964 g/mol. The van der Waals surface area contributed by atoms with Gasteiger partial charge in [-0.05, 0) is 36.4 Å². The van der Waals surface area contributed by atoms with Crippen molar-refractivity contribution in [3.8, 4) is 17.2 Å². The van der Waals surface area contributed by atoms with Crippen LogP contribution in [0.2, 0.25) is 0 Å². The second kappa shape index (κ2) is 22.2. The van der Waals surface area contributed by atoms with Crippen molar-refractivity contribution < 1.29 is 96.6 Å². The Hall–Kier alpha value is -4.04. The van der Waals surface area contributed by atoms with Gasteiger partial charge in [-0.3, -0.25) is 12.9 Å². The van der Waals surface area contributed by atoms with Crippen molar-refractivity contribution >= 4 is 106 Å². The lowest BCUT2D eigenvalue weighted by atomic mass is 10.1. The number of aromatic hydroxyl groups is 1.